The van der Waals surface area contributed by atoms with E-state index in [1.54, 1.807) is 4.90 Å². The molecule has 2 heterocycles. The molecule has 2 unspecified atom stereocenters. The molecule has 1 aliphatic carbocycles. The number of carbonyl (C=O) groups is 1. The summed E-state index contributed by atoms with van der Waals surface area (Å²) in [5, 5.41) is 6.36. The predicted octanol–water partition coefficient (Wildman–Crippen LogP) is 1.27. The molecule has 2 atom stereocenters. The maximum absolute atomic E-state index is 12.4. The van der Waals surface area contributed by atoms with Gasteiger partial charge in [0.1, 0.15) is 4.90 Å². The summed E-state index contributed by atoms with van der Waals surface area (Å²) in [6.07, 6.45) is 3.15. The van der Waals surface area contributed by atoms with Crippen LogP contribution in [0.4, 0.5) is 0 Å². The number of aromatic amines is 1. The summed E-state index contributed by atoms with van der Waals surface area (Å²) in [5.41, 5.74) is 0.211. The molecule has 1 aromatic heterocycles. The van der Waals surface area contributed by atoms with Gasteiger partial charge < -0.3 is 4.90 Å². The van der Waals surface area contributed by atoms with Crippen LogP contribution in [-0.2, 0) is 9.05 Å². The Morgan fingerprint density at radius 3 is 2.74 bits per heavy atom. The van der Waals surface area contributed by atoms with E-state index in [9.17, 15) is 13.2 Å². The van der Waals surface area contributed by atoms with Crippen LogP contribution in [0.2, 0.25) is 0 Å². The van der Waals surface area contributed by atoms with Gasteiger partial charge in [0.05, 0.1) is 5.69 Å². The Balaban J connectivity index is 1.97. The normalized spacial score (nSPS) is 26.1. The van der Waals surface area contributed by atoms with E-state index >= 15 is 0 Å². The highest BCUT2D eigenvalue weighted by Gasteiger charge is 2.42. The molecule has 6 nitrogen and oxygen atoms in total. The molecule has 0 spiro atoms. The second-order valence-electron chi connectivity index (χ2n) is 5.25. The minimum atomic E-state index is -3.98. The number of amides is 1. The first-order valence-corrected chi connectivity index (χ1v) is 8.49. The first-order chi connectivity index (χ1) is 8.88. The number of carbonyl (C=O) groups excluding carboxylic acids is 1. The van der Waals surface area contributed by atoms with E-state index in [4.69, 9.17) is 10.7 Å². The molecule has 2 aliphatic rings. The number of fused-ring (bicyclic) bond motifs is 2. The van der Waals surface area contributed by atoms with Crippen molar-refractivity contribution in [1.82, 2.24) is 15.1 Å². The Morgan fingerprint density at radius 1 is 1.47 bits per heavy atom. The molecule has 8 heteroatoms. The van der Waals surface area contributed by atoms with Crippen LogP contribution in [0.3, 0.4) is 0 Å². The second-order valence-corrected chi connectivity index (χ2v) is 7.76. The number of hydrogen-bond donors (Lipinski definition) is 1. The van der Waals surface area contributed by atoms with Gasteiger partial charge in [-0.1, -0.05) is 0 Å². The van der Waals surface area contributed by atoms with Gasteiger partial charge in [-0.3, -0.25) is 9.89 Å². The summed E-state index contributed by atoms with van der Waals surface area (Å²) < 4.78 is 23.1. The maximum atomic E-state index is 12.4. The second kappa shape index (κ2) is 4.21. The highest BCUT2D eigenvalue weighted by molar-refractivity contribution is 8.13. The molecular weight excluding hydrogens is 290 g/mol. The minimum Gasteiger partial charge on any atom is -0.334 e. The van der Waals surface area contributed by atoms with Gasteiger partial charge in [0.2, 0.25) is 0 Å². The van der Waals surface area contributed by atoms with Crippen LogP contribution < -0.4 is 0 Å². The van der Waals surface area contributed by atoms with E-state index in [-0.39, 0.29) is 22.5 Å². The zero-order valence-electron chi connectivity index (χ0n) is 10.4. The van der Waals surface area contributed by atoms with Gasteiger partial charge in [0.25, 0.3) is 15.0 Å². The summed E-state index contributed by atoms with van der Waals surface area (Å²) in [4.78, 5) is 14.0. The monoisotopic (exact) mass is 303 g/mol. The number of aryl methyl sites for hydroxylation is 1. The molecule has 2 fully saturated rings. The minimum absolute atomic E-state index is 0.0833. The Bertz CT molecular complexity index is 640. The molecule has 104 valence electrons. The van der Waals surface area contributed by atoms with E-state index in [2.05, 4.69) is 10.2 Å². The van der Waals surface area contributed by atoms with Crippen molar-refractivity contribution in [1.29, 1.82) is 0 Å². The molecule has 0 radical (unpaired) electrons. The standard InChI is InChI=1S/C11H14ClN3O3S/c1-6-10(19(12,17)18)9(14-13-6)11(16)15-5-7-2-3-8(15)4-7/h7-8H,2-5H2,1H3,(H,13,14). The molecule has 2 bridgehead atoms. The first kappa shape index (κ1) is 12.9. The molecule has 0 aromatic carbocycles. The SMILES string of the molecule is Cc1[nH]nc(C(=O)N2CC3CCC2C3)c1S(=O)(=O)Cl. The van der Waals surface area contributed by atoms with Crippen LogP contribution in [0.1, 0.15) is 35.4 Å². The van der Waals surface area contributed by atoms with Gasteiger partial charge >= 0.3 is 0 Å². The van der Waals surface area contributed by atoms with E-state index in [1.165, 1.54) is 6.92 Å². The molecule has 1 aromatic rings. The van der Waals surface area contributed by atoms with Crippen LogP contribution in [0.25, 0.3) is 0 Å². The van der Waals surface area contributed by atoms with Crippen LogP contribution in [-0.4, -0.2) is 42.0 Å². The summed E-state index contributed by atoms with van der Waals surface area (Å²) in [5.74, 6) is 0.209. The number of likely N-dealkylation sites (tertiary alicyclic amines) is 1. The van der Waals surface area contributed by atoms with Crippen molar-refractivity contribution in [3.05, 3.63) is 11.4 Å². The lowest BCUT2D eigenvalue weighted by molar-refractivity contribution is 0.0693. The average Bonchev–Trinajstić information content (AvgIpc) is 3.00. The van der Waals surface area contributed by atoms with E-state index in [0.717, 1.165) is 19.3 Å². The third-order valence-corrected chi connectivity index (χ3v) is 5.46. The van der Waals surface area contributed by atoms with Crippen molar-refractivity contribution in [3.63, 3.8) is 0 Å². The molecule has 1 saturated heterocycles. The maximum Gasteiger partial charge on any atom is 0.276 e. The van der Waals surface area contributed by atoms with Gasteiger partial charge in [0.15, 0.2) is 5.69 Å². The topological polar surface area (TPSA) is 83.1 Å². The first-order valence-electron chi connectivity index (χ1n) is 6.18. The Kier molecular flexibility index (Phi) is 2.86. The smallest absolute Gasteiger partial charge is 0.276 e. The van der Waals surface area contributed by atoms with Crippen molar-refractivity contribution in [2.75, 3.05) is 6.54 Å². The van der Waals surface area contributed by atoms with Crippen molar-refractivity contribution in [2.24, 2.45) is 5.92 Å². The number of halogens is 1. The van der Waals surface area contributed by atoms with Gasteiger partial charge in [0, 0.05) is 23.3 Å². The van der Waals surface area contributed by atoms with E-state index in [0.29, 0.717) is 18.2 Å². The Labute approximate surface area is 115 Å². The number of H-pyrrole nitrogens is 1. The lowest BCUT2D eigenvalue weighted by Crippen LogP contribution is -2.38. The molecule has 3 rings (SSSR count). The van der Waals surface area contributed by atoms with Crippen LogP contribution in [0.5, 0.6) is 0 Å². The van der Waals surface area contributed by atoms with Crippen molar-refractivity contribution in [2.45, 2.75) is 37.1 Å². The number of piperidine rings is 1. The number of nitrogens with zero attached hydrogens (tertiary/aromatic N) is 2. The summed E-state index contributed by atoms with van der Waals surface area (Å²) in [6.45, 7) is 2.23. The fraction of sp³-hybridized carbons (Fsp3) is 0.636. The Morgan fingerprint density at radius 2 is 2.21 bits per heavy atom. The van der Waals surface area contributed by atoms with Gasteiger partial charge in [-0.05, 0) is 32.1 Å². The largest absolute Gasteiger partial charge is 0.334 e. The lowest BCUT2D eigenvalue weighted by atomic mass is 10.1. The fourth-order valence-electron chi connectivity index (χ4n) is 3.17. The summed E-state index contributed by atoms with van der Waals surface area (Å²) >= 11 is 0. The van der Waals surface area contributed by atoms with Crippen molar-refractivity contribution < 1.29 is 13.2 Å². The van der Waals surface area contributed by atoms with Crippen LogP contribution in [0, 0.1) is 12.8 Å². The fourth-order valence-corrected chi connectivity index (χ4v) is 4.51. The Hall–Kier alpha value is -1.08. The van der Waals surface area contributed by atoms with Crippen molar-refractivity contribution in [3.8, 4) is 0 Å². The summed E-state index contributed by atoms with van der Waals surface area (Å²) in [7, 11) is 1.40. The molecule has 19 heavy (non-hydrogen) atoms. The highest BCUT2D eigenvalue weighted by Crippen LogP contribution is 2.38. The third-order valence-electron chi connectivity index (χ3n) is 4.01. The third kappa shape index (κ3) is 2.04. The predicted molar refractivity (Wildman–Crippen MR) is 68.5 cm³/mol. The lowest BCUT2D eigenvalue weighted by Gasteiger charge is -2.26. The number of hydrogen-bond acceptors (Lipinski definition) is 4. The van der Waals surface area contributed by atoms with Gasteiger partial charge in [-0.15, -0.1) is 0 Å². The average molecular weight is 304 g/mol. The van der Waals surface area contributed by atoms with Gasteiger partial charge in [-0.25, -0.2) is 8.42 Å². The number of nitrogens with one attached hydrogen (secondary N) is 1. The highest BCUT2D eigenvalue weighted by atomic mass is 35.7. The molecular formula is C11H14ClN3O3S. The van der Waals surface area contributed by atoms with Gasteiger partial charge in [-0.2, -0.15) is 5.10 Å². The molecule has 1 saturated carbocycles. The molecule has 1 amide bonds. The zero-order chi connectivity index (χ0) is 13.8. The van der Waals surface area contributed by atoms with Crippen LogP contribution >= 0.6 is 10.7 Å². The zero-order valence-corrected chi connectivity index (χ0v) is 12.0. The van der Waals surface area contributed by atoms with Crippen LogP contribution in [0.15, 0.2) is 4.90 Å². The number of rotatable bonds is 2. The number of aromatic nitrogens is 2. The quantitative estimate of drug-likeness (QED) is 0.834. The van der Waals surface area contributed by atoms with Crippen molar-refractivity contribution >= 4 is 25.6 Å². The summed E-state index contributed by atoms with van der Waals surface area (Å²) in [6, 6.07) is 0.223. The van der Waals surface area contributed by atoms with E-state index in [1.807, 2.05) is 0 Å². The molecule has 1 N–H and O–H groups in total. The van der Waals surface area contributed by atoms with E-state index < -0.39 is 9.05 Å². The molecule has 1 aliphatic heterocycles.